The highest BCUT2D eigenvalue weighted by Crippen LogP contribution is 2.29. The highest BCUT2D eigenvalue weighted by atomic mass is 32.2. The fraction of sp³-hybridized carbons (Fsp3) is 0.167. The molecule has 1 heterocycles. The minimum Gasteiger partial charge on any atom is -0.322 e. The van der Waals surface area contributed by atoms with E-state index in [9.17, 15) is 9.59 Å². The lowest BCUT2D eigenvalue weighted by Gasteiger charge is -2.17. The van der Waals surface area contributed by atoms with Crippen LogP contribution in [0.3, 0.4) is 0 Å². The summed E-state index contributed by atoms with van der Waals surface area (Å²) in [5.74, 6) is -0.165. The zero-order valence-electron chi connectivity index (χ0n) is 16.4. The van der Waals surface area contributed by atoms with Crippen LogP contribution in [0, 0.1) is 6.92 Å². The normalized spacial score (nSPS) is 12.6. The standard InChI is InChI=1S/C24H22N2O2S/c1-16-7-12-20(29-2)15-21(16)23(27)25-19-10-8-18(9-11-19)24(28)26-14-13-17-5-3-4-6-22(17)26/h3-12,15H,13-14H2,1-2H3,(H,25,27). The lowest BCUT2D eigenvalue weighted by molar-refractivity contribution is 0.0988. The zero-order valence-corrected chi connectivity index (χ0v) is 17.3. The zero-order chi connectivity index (χ0) is 20.4. The molecule has 0 aromatic heterocycles. The number of hydrogen-bond acceptors (Lipinski definition) is 3. The van der Waals surface area contributed by atoms with Crippen molar-refractivity contribution >= 4 is 35.0 Å². The molecule has 3 aromatic carbocycles. The number of thioether (sulfide) groups is 1. The molecular formula is C24H22N2O2S. The van der Waals surface area contributed by atoms with Crippen LogP contribution in [0.5, 0.6) is 0 Å². The molecule has 3 aromatic rings. The van der Waals surface area contributed by atoms with Crippen molar-refractivity contribution < 1.29 is 9.59 Å². The predicted molar refractivity (Wildman–Crippen MR) is 119 cm³/mol. The molecule has 0 radical (unpaired) electrons. The Labute approximate surface area is 174 Å². The van der Waals surface area contributed by atoms with Crippen molar-refractivity contribution in [3.63, 3.8) is 0 Å². The maximum absolute atomic E-state index is 12.9. The molecule has 0 saturated heterocycles. The number of anilines is 2. The first kappa shape index (κ1) is 19.3. The van der Waals surface area contributed by atoms with Crippen molar-refractivity contribution in [3.05, 3.63) is 89.0 Å². The summed E-state index contributed by atoms with van der Waals surface area (Å²) < 4.78 is 0. The van der Waals surface area contributed by atoms with Gasteiger partial charge in [0, 0.05) is 33.9 Å². The quantitative estimate of drug-likeness (QED) is 0.612. The summed E-state index contributed by atoms with van der Waals surface area (Å²) in [7, 11) is 0. The van der Waals surface area contributed by atoms with E-state index < -0.39 is 0 Å². The van der Waals surface area contributed by atoms with E-state index in [0.29, 0.717) is 23.4 Å². The SMILES string of the molecule is CSc1ccc(C)c(C(=O)Nc2ccc(C(=O)N3CCc4ccccc43)cc2)c1. The molecule has 1 aliphatic heterocycles. The van der Waals surface area contributed by atoms with Crippen LogP contribution in [0.2, 0.25) is 0 Å². The minimum absolute atomic E-state index is 0.0173. The van der Waals surface area contributed by atoms with Gasteiger partial charge in [-0.2, -0.15) is 0 Å². The Morgan fingerprint density at radius 2 is 1.76 bits per heavy atom. The van der Waals surface area contributed by atoms with Crippen LogP contribution in [0.25, 0.3) is 0 Å². The van der Waals surface area contributed by atoms with Gasteiger partial charge in [0.05, 0.1) is 0 Å². The number of hydrogen-bond donors (Lipinski definition) is 1. The number of rotatable bonds is 4. The van der Waals surface area contributed by atoms with Gasteiger partial charge in [-0.1, -0.05) is 24.3 Å². The molecule has 1 N–H and O–H groups in total. The fourth-order valence-corrected chi connectivity index (χ4v) is 4.01. The number of carbonyl (C=O) groups is 2. The van der Waals surface area contributed by atoms with E-state index in [1.165, 1.54) is 5.56 Å². The summed E-state index contributed by atoms with van der Waals surface area (Å²) in [5, 5.41) is 2.93. The number of fused-ring (bicyclic) bond motifs is 1. The first-order chi connectivity index (χ1) is 14.1. The third-order valence-corrected chi connectivity index (χ3v) is 5.94. The van der Waals surface area contributed by atoms with Gasteiger partial charge in [0.15, 0.2) is 0 Å². The largest absolute Gasteiger partial charge is 0.322 e. The Kier molecular flexibility index (Phi) is 5.41. The lowest BCUT2D eigenvalue weighted by Crippen LogP contribution is -2.28. The summed E-state index contributed by atoms with van der Waals surface area (Å²) in [5.41, 5.74) is 5.06. The van der Waals surface area contributed by atoms with Gasteiger partial charge in [-0.05, 0) is 73.2 Å². The van der Waals surface area contributed by atoms with E-state index >= 15 is 0 Å². The maximum Gasteiger partial charge on any atom is 0.258 e. The highest BCUT2D eigenvalue weighted by Gasteiger charge is 2.25. The van der Waals surface area contributed by atoms with Crippen molar-refractivity contribution in [2.75, 3.05) is 23.0 Å². The van der Waals surface area contributed by atoms with E-state index in [1.54, 1.807) is 36.0 Å². The number of benzene rings is 3. The monoisotopic (exact) mass is 402 g/mol. The number of nitrogens with one attached hydrogen (secondary N) is 1. The van der Waals surface area contributed by atoms with Gasteiger partial charge < -0.3 is 10.2 Å². The van der Waals surface area contributed by atoms with Gasteiger partial charge in [-0.15, -0.1) is 11.8 Å². The van der Waals surface area contributed by atoms with Gasteiger partial charge in [-0.3, -0.25) is 9.59 Å². The summed E-state index contributed by atoms with van der Waals surface area (Å²) >= 11 is 1.61. The van der Waals surface area contributed by atoms with Crippen LogP contribution in [0.15, 0.2) is 71.6 Å². The Hall–Kier alpha value is -3.05. The van der Waals surface area contributed by atoms with Gasteiger partial charge >= 0.3 is 0 Å². The van der Waals surface area contributed by atoms with Crippen molar-refractivity contribution in [3.8, 4) is 0 Å². The number of aryl methyl sites for hydroxylation is 1. The van der Waals surface area contributed by atoms with Crippen molar-refractivity contribution in [2.45, 2.75) is 18.2 Å². The van der Waals surface area contributed by atoms with Crippen LogP contribution < -0.4 is 10.2 Å². The number of nitrogens with zero attached hydrogens (tertiary/aromatic N) is 1. The second-order valence-electron chi connectivity index (χ2n) is 7.05. The first-order valence-corrected chi connectivity index (χ1v) is 10.7. The number of para-hydroxylation sites is 1. The molecule has 0 saturated carbocycles. The maximum atomic E-state index is 12.9. The van der Waals surface area contributed by atoms with Gasteiger partial charge in [0.25, 0.3) is 11.8 Å². The predicted octanol–water partition coefficient (Wildman–Crippen LogP) is 5.17. The average Bonchev–Trinajstić information content (AvgIpc) is 3.18. The van der Waals surface area contributed by atoms with Crippen LogP contribution in [-0.4, -0.2) is 24.6 Å². The van der Waals surface area contributed by atoms with Crippen LogP contribution in [0.1, 0.15) is 31.8 Å². The molecule has 1 aliphatic rings. The van der Waals surface area contributed by atoms with E-state index in [2.05, 4.69) is 11.4 Å². The molecule has 0 fully saturated rings. The average molecular weight is 403 g/mol. The lowest BCUT2D eigenvalue weighted by atomic mass is 10.1. The second-order valence-corrected chi connectivity index (χ2v) is 7.93. The van der Waals surface area contributed by atoms with Gasteiger partial charge in [0.2, 0.25) is 0 Å². The number of amides is 2. The molecule has 0 unspecified atom stereocenters. The smallest absolute Gasteiger partial charge is 0.258 e. The Bertz CT molecular complexity index is 1080. The topological polar surface area (TPSA) is 49.4 Å². The molecule has 0 atom stereocenters. The molecule has 4 rings (SSSR count). The highest BCUT2D eigenvalue weighted by molar-refractivity contribution is 7.98. The second kappa shape index (κ2) is 8.13. The van der Waals surface area contributed by atoms with Crippen LogP contribution in [0.4, 0.5) is 11.4 Å². The van der Waals surface area contributed by atoms with Crippen molar-refractivity contribution in [1.82, 2.24) is 0 Å². The molecule has 4 nitrogen and oxygen atoms in total. The molecule has 0 aliphatic carbocycles. The summed E-state index contributed by atoms with van der Waals surface area (Å²) in [6.07, 6.45) is 2.87. The fourth-order valence-electron chi connectivity index (χ4n) is 3.57. The Balaban J connectivity index is 1.49. The van der Waals surface area contributed by atoms with Gasteiger partial charge in [0.1, 0.15) is 0 Å². The Morgan fingerprint density at radius 1 is 1.00 bits per heavy atom. The third-order valence-electron chi connectivity index (χ3n) is 5.21. The minimum atomic E-state index is -0.147. The van der Waals surface area contributed by atoms with Crippen molar-refractivity contribution in [2.24, 2.45) is 0 Å². The molecule has 29 heavy (non-hydrogen) atoms. The van der Waals surface area contributed by atoms with E-state index in [1.807, 2.05) is 54.5 Å². The van der Waals surface area contributed by atoms with E-state index in [-0.39, 0.29) is 11.8 Å². The van der Waals surface area contributed by atoms with E-state index in [0.717, 1.165) is 22.6 Å². The molecule has 2 amide bonds. The summed E-state index contributed by atoms with van der Waals surface area (Å²) in [4.78, 5) is 28.5. The molecule has 0 spiro atoms. The van der Waals surface area contributed by atoms with E-state index in [4.69, 9.17) is 0 Å². The molecule has 146 valence electrons. The Morgan fingerprint density at radius 3 is 2.52 bits per heavy atom. The summed E-state index contributed by atoms with van der Waals surface area (Å²) in [6.45, 7) is 2.62. The van der Waals surface area contributed by atoms with Crippen LogP contribution >= 0.6 is 11.8 Å². The molecule has 5 heteroatoms. The molecular weight excluding hydrogens is 380 g/mol. The van der Waals surface area contributed by atoms with Crippen LogP contribution in [-0.2, 0) is 6.42 Å². The molecule has 0 bridgehead atoms. The summed E-state index contributed by atoms with van der Waals surface area (Å²) in [6, 6.07) is 21.0. The third kappa shape index (κ3) is 3.91. The first-order valence-electron chi connectivity index (χ1n) is 9.52. The van der Waals surface area contributed by atoms with Gasteiger partial charge in [-0.25, -0.2) is 0 Å². The number of carbonyl (C=O) groups excluding carboxylic acids is 2. The van der Waals surface area contributed by atoms with Crippen molar-refractivity contribution in [1.29, 1.82) is 0 Å².